The lowest BCUT2D eigenvalue weighted by Crippen LogP contribution is -2.24. The number of H-pyrrole nitrogens is 1. The zero-order valence-electron chi connectivity index (χ0n) is 9.70. The molecule has 0 atom stereocenters. The Bertz CT molecular complexity index is 966. The summed E-state index contributed by atoms with van der Waals surface area (Å²) in [5, 5.41) is 9.72. The molecule has 1 aromatic carbocycles. The van der Waals surface area contributed by atoms with Crippen LogP contribution in [-0.4, -0.2) is 22.5 Å². The fourth-order valence-corrected chi connectivity index (χ4v) is 3.79. The summed E-state index contributed by atoms with van der Waals surface area (Å²) in [4.78, 5) is 13.5. The van der Waals surface area contributed by atoms with Crippen LogP contribution in [0.5, 0.6) is 5.88 Å². The molecule has 2 heterocycles. The van der Waals surface area contributed by atoms with Gasteiger partial charge in [-0.05, 0) is 28.1 Å². The maximum atomic E-state index is 12.4. The molecule has 7 nitrogen and oxygen atoms in total. The van der Waals surface area contributed by atoms with E-state index in [0.717, 1.165) is 6.20 Å². The molecule has 0 amide bonds. The second-order valence-electron chi connectivity index (χ2n) is 3.95. The van der Waals surface area contributed by atoms with Crippen molar-refractivity contribution in [2.75, 3.05) is 0 Å². The van der Waals surface area contributed by atoms with Gasteiger partial charge in [0.15, 0.2) is 4.67 Å². The molecule has 3 rings (SSSR count). The number of aromatic nitrogens is 2. The van der Waals surface area contributed by atoms with Gasteiger partial charge in [-0.15, -0.1) is 0 Å². The summed E-state index contributed by atoms with van der Waals surface area (Å²) in [6, 6.07) is 6.63. The van der Waals surface area contributed by atoms with E-state index in [9.17, 15) is 18.3 Å². The summed E-state index contributed by atoms with van der Waals surface area (Å²) in [5.74, 6) is -0.548. The van der Waals surface area contributed by atoms with E-state index >= 15 is 0 Å². The van der Waals surface area contributed by atoms with E-state index in [4.69, 9.17) is 4.42 Å². The number of nitrogens with one attached hydrogen (secondary N) is 1. The molecule has 0 saturated carbocycles. The van der Waals surface area contributed by atoms with Gasteiger partial charge >= 0.3 is 15.7 Å². The van der Waals surface area contributed by atoms with Gasteiger partial charge in [-0.25, -0.2) is 4.79 Å². The molecule has 2 aromatic heterocycles. The average molecular weight is 359 g/mol. The minimum Gasteiger partial charge on any atom is -0.493 e. The SMILES string of the molecule is O=c1[nH]c(O)cn1S(=O)(=O)c1oc(Br)c2ccccc12. The van der Waals surface area contributed by atoms with E-state index in [-0.39, 0.29) is 9.76 Å². The number of furan rings is 1. The van der Waals surface area contributed by atoms with Crippen molar-refractivity contribution in [3.8, 4) is 5.88 Å². The standard InChI is InChI=1S/C11H7BrN2O5S/c12-9-6-3-1-2-4-7(6)10(19-9)20(17,18)14-5-8(15)13-11(14)16/h1-5,15H,(H,13,16). The van der Waals surface area contributed by atoms with Gasteiger partial charge in [0.2, 0.25) is 11.0 Å². The number of imidazole rings is 1. The molecule has 20 heavy (non-hydrogen) atoms. The molecule has 0 fully saturated rings. The van der Waals surface area contributed by atoms with Gasteiger partial charge in [0.1, 0.15) is 0 Å². The van der Waals surface area contributed by atoms with Gasteiger partial charge in [0.25, 0.3) is 0 Å². The van der Waals surface area contributed by atoms with Crippen LogP contribution in [0.4, 0.5) is 0 Å². The molecule has 9 heteroatoms. The van der Waals surface area contributed by atoms with Gasteiger partial charge < -0.3 is 9.52 Å². The Morgan fingerprint density at radius 1 is 1.25 bits per heavy atom. The number of hydrogen-bond donors (Lipinski definition) is 2. The smallest absolute Gasteiger partial charge is 0.342 e. The topological polar surface area (TPSA) is 105 Å². The minimum atomic E-state index is -4.24. The van der Waals surface area contributed by atoms with Crippen molar-refractivity contribution >= 4 is 36.7 Å². The van der Waals surface area contributed by atoms with Crippen molar-refractivity contribution in [2.24, 2.45) is 0 Å². The van der Waals surface area contributed by atoms with Gasteiger partial charge in [0, 0.05) is 10.8 Å². The van der Waals surface area contributed by atoms with Gasteiger partial charge in [-0.3, -0.25) is 4.98 Å². The maximum Gasteiger partial charge on any atom is 0.342 e. The third kappa shape index (κ3) is 1.78. The lowest BCUT2D eigenvalue weighted by atomic mass is 10.2. The first kappa shape index (κ1) is 13.0. The normalized spacial score (nSPS) is 12.1. The van der Waals surface area contributed by atoms with Crippen LogP contribution in [0.15, 0.2) is 49.4 Å². The number of benzene rings is 1. The molecule has 0 aliphatic heterocycles. The first-order valence-electron chi connectivity index (χ1n) is 5.34. The third-order valence-corrected chi connectivity index (χ3v) is 4.86. The van der Waals surface area contributed by atoms with Crippen LogP contribution in [0, 0.1) is 0 Å². The van der Waals surface area contributed by atoms with Crippen LogP contribution in [0.2, 0.25) is 0 Å². The highest BCUT2D eigenvalue weighted by molar-refractivity contribution is 9.10. The third-order valence-electron chi connectivity index (χ3n) is 2.71. The summed E-state index contributed by atoms with van der Waals surface area (Å²) >= 11 is 3.13. The highest BCUT2D eigenvalue weighted by atomic mass is 79.9. The molecular formula is C11H7BrN2O5S. The molecule has 0 spiro atoms. The van der Waals surface area contributed by atoms with E-state index < -0.39 is 21.6 Å². The predicted molar refractivity (Wildman–Crippen MR) is 73.2 cm³/mol. The number of fused-ring (bicyclic) bond motifs is 1. The summed E-state index contributed by atoms with van der Waals surface area (Å²) in [7, 11) is -4.24. The highest BCUT2D eigenvalue weighted by Crippen LogP contribution is 2.33. The molecule has 0 aliphatic carbocycles. The van der Waals surface area contributed by atoms with E-state index in [0.29, 0.717) is 14.7 Å². The fraction of sp³-hybridized carbons (Fsp3) is 0. The van der Waals surface area contributed by atoms with Crippen molar-refractivity contribution in [1.29, 1.82) is 0 Å². The molecule has 104 valence electrons. The van der Waals surface area contributed by atoms with Crippen molar-refractivity contribution in [3.63, 3.8) is 0 Å². The molecule has 3 aromatic rings. The van der Waals surface area contributed by atoms with Crippen molar-refractivity contribution in [3.05, 3.63) is 45.6 Å². The van der Waals surface area contributed by atoms with E-state index in [1.165, 1.54) is 0 Å². The average Bonchev–Trinajstić information content (AvgIpc) is 2.91. The summed E-state index contributed by atoms with van der Waals surface area (Å²) in [6.07, 6.45) is 0.781. The Morgan fingerprint density at radius 2 is 1.90 bits per heavy atom. The number of halogens is 1. The molecule has 0 saturated heterocycles. The Hall–Kier alpha value is -2.00. The largest absolute Gasteiger partial charge is 0.493 e. The number of rotatable bonds is 2. The maximum absolute atomic E-state index is 12.4. The quantitative estimate of drug-likeness (QED) is 0.724. The van der Waals surface area contributed by atoms with Crippen LogP contribution in [-0.2, 0) is 10.0 Å². The number of aromatic hydroxyl groups is 1. The molecule has 0 unspecified atom stereocenters. The Labute approximate surface area is 120 Å². The van der Waals surface area contributed by atoms with Crippen molar-refractivity contribution in [2.45, 2.75) is 5.09 Å². The molecular weight excluding hydrogens is 352 g/mol. The summed E-state index contributed by atoms with van der Waals surface area (Å²) < 4.78 is 30.7. The number of aromatic amines is 1. The van der Waals surface area contributed by atoms with Crippen LogP contribution < -0.4 is 5.69 Å². The van der Waals surface area contributed by atoms with Gasteiger partial charge in [0.05, 0.1) is 6.20 Å². The van der Waals surface area contributed by atoms with Crippen molar-refractivity contribution < 1.29 is 17.9 Å². The minimum absolute atomic E-state index is 0.250. The first-order valence-corrected chi connectivity index (χ1v) is 7.58. The Morgan fingerprint density at radius 3 is 2.50 bits per heavy atom. The molecule has 2 N–H and O–H groups in total. The predicted octanol–water partition coefficient (Wildman–Crippen LogP) is 1.63. The highest BCUT2D eigenvalue weighted by Gasteiger charge is 2.28. The Kier molecular flexibility index (Phi) is 2.76. The van der Waals surface area contributed by atoms with Gasteiger partial charge in [-0.1, -0.05) is 12.1 Å². The lowest BCUT2D eigenvalue weighted by molar-refractivity contribution is 0.435. The number of hydrogen-bond acceptors (Lipinski definition) is 5. The molecule has 0 aliphatic rings. The van der Waals surface area contributed by atoms with Crippen LogP contribution >= 0.6 is 15.9 Å². The van der Waals surface area contributed by atoms with Gasteiger partial charge in [-0.2, -0.15) is 12.4 Å². The summed E-state index contributed by atoms with van der Waals surface area (Å²) in [5.41, 5.74) is -0.973. The van der Waals surface area contributed by atoms with Crippen LogP contribution in [0.3, 0.4) is 0 Å². The zero-order valence-corrected chi connectivity index (χ0v) is 12.1. The molecule has 0 bridgehead atoms. The van der Waals surface area contributed by atoms with Crippen molar-refractivity contribution in [1.82, 2.24) is 8.96 Å². The Balaban J connectivity index is 2.35. The van der Waals surface area contributed by atoms with Crippen LogP contribution in [0.1, 0.15) is 0 Å². The lowest BCUT2D eigenvalue weighted by Gasteiger charge is -2.00. The second kappa shape index (κ2) is 4.25. The zero-order chi connectivity index (χ0) is 14.5. The monoisotopic (exact) mass is 358 g/mol. The second-order valence-corrected chi connectivity index (χ2v) is 6.39. The number of nitrogens with zero attached hydrogens (tertiary/aromatic N) is 1. The van der Waals surface area contributed by atoms with E-state index in [2.05, 4.69) is 15.9 Å². The molecule has 0 radical (unpaired) electrons. The van der Waals surface area contributed by atoms with E-state index in [1.54, 1.807) is 24.3 Å². The van der Waals surface area contributed by atoms with Crippen LogP contribution in [0.25, 0.3) is 10.8 Å². The first-order chi connectivity index (χ1) is 9.41. The fourth-order valence-electron chi connectivity index (χ4n) is 1.85. The summed E-state index contributed by atoms with van der Waals surface area (Å²) in [6.45, 7) is 0. The van der Waals surface area contributed by atoms with E-state index in [1.807, 2.05) is 4.98 Å².